The zero-order valence-electron chi connectivity index (χ0n) is 8.15. The van der Waals surface area contributed by atoms with Crippen molar-refractivity contribution >= 4 is 0 Å². The Hall–Kier alpha value is -0.0800. The van der Waals surface area contributed by atoms with Crippen molar-refractivity contribution in [3.05, 3.63) is 0 Å². The van der Waals surface area contributed by atoms with Crippen molar-refractivity contribution in [1.29, 1.82) is 0 Å². The van der Waals surface area contributed by atoms with Crippen molar-refractivity contribution in [2.75, 3.05) is 6.54 Å². The summed E-state index contributed by atoms with van der Waals surface area (Å²) in [6.07, 6.45) is 2.07. The average molecular weight is 159 g/mol. The van der Waals surface area contributed by atoms with Crippen LogP contribution in [0.1, 0.15) is 40.5 Å². The molecule has 0 aliphatic rings. The zero-order chi connectivity index (χ0) is 8.91. The predicted molar refractivity (Wildman–Crippen MR) is 48.4 cm³/mol. The van der Waals surface area contributed by atoms with Crippen LogP contribution in [0.15, 0.2) is 0 Å². The lowest BCUT2D eigenvalue weighted by atomic mass is 9.97. The van der Waals surface area contributed by atoms with Gasteiger partial charge in [0.25, 0.3) is 0 Å². The molecule has 0 aromatic heterocycles. The van der Waals surface area contributed by atoms with Gasteiger partial charge in [-0.25, -0.2) is 0 Å². The Balaban J connectivity index is 3.77. The van der Waals surface area contributed by atoms with Crippen LogP contribution in [0.3, 0.4) is 0 Å². The fourth-order valence-corrected chi connectivity index (χ4v) is 0.950. The molecule has 0 radical (unpaired) electrons. The van der Waals surface area contributed by atoms with E-state index in [0.717, 1.165) is 19.4 Å². The molecule has 0 saturated carbocycles. The fraction of sp³-hybridized carbons (Fsp3) is 1.00. The summed E-state index contributed by atoms with van der Waals surface area (Å²) in [5.74, 6) is 0.314. The number of nitrogens with one attached hydrogen (secondary N) is 1. The average Bonchev–Trinajstić information content (AvgIpc) is 1.99. The summed E-state index contributed by atoms with van der Waals surface area (Å²) in [5.41, 5.74) is -0.690. The molecule has 0 fully saturated rings. The SMILES string of the molecule is CCCNC(C)(O)C(C)CC. The quantitative estimate of drug-likeness (QED) is 0.599. The first-order chi connectivity index (χ1) is 5.04. The van der Waals surface area contributed by atoms with Crippen LogP contribution in [0.4, 0.5) is 0 Å². The summed E-state index contributed by atoms with van der Waals surface area (Å²) < 4.78 is 0. The molecule has 2 nitrogen and oxygen atoms in total. The molecular weight excluding hydrogens is 138 g/mol. The van der Waals surface area contributed by atoms with Crippen molar-refractivity contribution in [1.82, 2.24) is 5.32 Å². The molecule has 0 aromatic rings. The van der Waals surface area contributed by atoms with Crippen molar-refractivity contribution in [2.45, 2.75) is 46.3 Å². The molecule has 11 heavy (non-hydrogen) atoms. The highest BCUT2D eigenvalue weighted by Crippen LogP contribution is 2.16. The second-order valence-corrected chi connectivity index (χ2v) is 3.38. The minimum atomic E-state index is -0.690. The van der Waals surface area contributed by atoms with E-state index >= 15 is 0 Å². The van der Waals surface area contributed by atoms with Crippen LogP contribution >= 0.6 is 0 Å². The maximum atomic E-state index is 9.80. The first kappa shape index (κ1) is 10.9. The summed E-state index contributed by atoms with van der Waals surface area (Å²) in [6.45, 7) is 8.98. The maximum Gasteiger partial charge on any atom is 0.115 e. The van der Waals surface area contributed by atoms with Crippen LogP contribution in [0, 0.1) is 5.92 Å². The minimum absolute atomic E-state index is 0.314. The standard InChI is InChI=1S/C9H21NO/c1-5-7-10-9(4,11)8(3)6-2/h8,10-11H,5-7H2,1-4H3. The van der Waals surface area contributed by atoms with Gasteiger partial charge in [0.15, 0.2) is 0 Å². The van der Waals surface area contributed by atoms with E-state index in [2.05, 4.69) is 26.1 Å². The normalized spacial score (nSPS) is 19.4. The molecule has 2 unspecified atom stereocenters. The molecule has 0 amide bonds. The Morgan fingerprint density at radius 3 is 2.36 bits per heavy atom. The molecule has 0 rings (SSSR count). The molecule has 2 heteroatoms. The number of aliphatic hydroxyl groups is 1. The molecule has 0 spiro atoms. The number of hydrogen-bond acceptors (Lipinski definition) is 2. The summed E-state index contributed by atoms with van der Waals surface area (Å²) >= 11 is 0. The molecule has 0 bridgehead atoms. The van der Waals surface area contributed by atoms with Gasteiger partial charge in [0, 0.05) is 0 Å². The fourth-order valence-electron chi connectivity index (χ4n) is 0.950. The Morgan fingerprint density at radius 2 is 2.00 bits per heavy atom. The van der Waals surface area contributed by atoms with E-state index in [1.54, 1.807) is 0 Å². The third-order valence-electron chi connectivity index (χ3n) is 2.30. The van der Waals surface area contributed by atoms with Crippen molar-refractivity contribution in [3.8, 4) is 0 Å². The van der Waals surface area contributed by atoms with Gasteiger partial charge in [0.05, 0.1) is 0 Å². The van der Waals surface area contributed by atoms with Crippen molar-refractivity contribution in [2.24, 2.45) is 5.92 Å². The predicted octanol–water partition coefficient (Wildman–Crippen LogP) is 1.74. The lowest BCUT2D eigenvalue weighted by Crippen LogP contribution is -2.47. The van der Waals surface area contributed by atoms with Crippen LogP contribution in [-0.4, -0.2) is 17.4 Å². The molecule has 0 aliphatic carbocycles. The van der Waals surface area contributed by atoms with Gasteiger partial charge in [-0.2, -0.15) is 0 Å². The van der Waals surface area contributed by atoms with E-state index in [0.29, 0.717) is 5.92 Å². The Morgan fingerprint density at radius 1 is 1.45 bits per heavy atom. The second-order valence-electron chi connectivity index (χ2n) is 3.38. The molecule has 2 atom stereocenters. The molecule has 0 saturated heterocycles. The van der Waals surface area contributed by atoms with Crippen LogP contribution in [0.25, 0.3) is 0 Å². The lowest BCUT2D eigenvalue weighted by molar-refractivity contribution is -0.0271. The highest BCUT2D eigenvalue weighted by Gasteiger charge is 2.25. The van der Waals surface area contributed by atoms with Gasteiger partial charge in [-0.1, -0.05) is 20.8 Å². The number of hydrogen-bond donors (Lipinski definition) is 2. The largest absolute Gasteiger partial charge is 0.376 e. The minimum Gasteiger partial charge on any atom is -0.376 e. The van der Waals surface area contributed by atoms with Gasteiger partial charge in [-0.3, -0.25) is 5.32 Å². The highest BCUT2D eigenvalue weighted by molar-refractivity contribution is 4.74. The smallest absolute Gasteiger partial charge is 0.115 e. The summed E-state index contributed by atoms with van der Waals surface area (Å²) in [6, 6.07) is 0. The molecule has 0 heterocycles. The molecule has 2 N–H and O–H groups in total. The van der Waals surface area contributed by atoms with E-state index in [9.17, 15) is 5.11 Å². The first-order valence-electron chi connectivity index (χ1n) is 4.52. The van der Waals surface area contributed by atoms with Crippen molar-refractivity contribution in [3.63, 3.8) is 0 Å². The highest BCUT2D eigenvalue weighted by atomic mass is 16.3. The van der Waals surface area contributed by atoms with Crippen LogP contribution in [-0.2, 0) is 0 Å². The molecule has 0 aromatic carbocycles. The van der Waals surface area contributed by atoms with Gasteiger partial charge in [-0.05, 0) is 32.2 Å². The van der Waals surface area contributed by atoms with Gasteiger partial charge < -0.3 is 5.11 Å². The van der Waals surface area contributed by atoms with Gasteiger partial charge in [-0.15, -0.1) is 0 Å². The van der Waals surface area contributed by atoms with E-state index in [1.807, 2.05) is 6.92 Å². The summed E-state index contributed by atoms with van der Waals surface area (Å²) in [5, 5.41) is 12.9. The third-order valence-corrected chi connectivity index (χ3v) is 2.30. The molecule has 68 valence electrons. The van der Waals surface area contributed by atoms with Gasteiger partial charge in [0.2, 0.25) is 0 Å². The third kappa shape index (κ3) is 3.73. The topological polar surface area (TPSA) is 32.3 Å². The summed E-state index contributed by atoms with van der Waals surface area (Å²) in [7, 11) is 0. The Bertz CT molecular complexity index is 102. The van der Waals surface area contributed by atoms with E-state index in [-0.39, 0.29) is 0 Å². The Kier molecular flexibility index (Phi) is 4.69. The molecular formula is C9H21NO. The van der Waals surface area contributed by atoms with Crippen LogP contribution in [0.5, 0.6) is 0 Å². The van der Waals surface area contributed by atoms with E-state index < -0.39 is 5.72 Å². The second kappa shape index (κ2) is 4.73. The monoisotopic (exact) mass is 159 g/mol. The Labute approximate surface area is 70.0 Å². The van der Waals surface area contributed by atoms with E-state index in [1.165, 1.54) is 0 Å². The summed E-state index contributed by atoms with van der Waals surface area (Å²) in [4.78, 5) is 0. The van der Waals surface area contributed by atoms with E-state index in [4.69, 9.17) is 0 Å². The lowest BCUT2D eigenvalue weighted by Gasteiger charge is -2.30. The zero-order valence-corrected chi connectivity index (χ0v) is 8.15. The number of rotatable bonds is 5. The van der Waals surface area contributed by atoms with Gasteiger partial charge in [0.1, 0.15) is 5.72 Å². The van der Waals surface area contributed by atoms with Crippen LogP contribution < -0.4 is 5.32 Å². The van der Waals surface area contributed by atoms with Gasteiger partial charge >= 0.3 is 0 Å². The van der Waals surface area contributed by atoms with Crippen LogP contribution in [0.2, 0.25) is 0 Å². The maximum absolute atomic E-state index is 9.80. The van der Waals surface area contributed by atoms with Crippen molar-refractivity contribution < 1.29 is 5.11 Å². The first-order valence-corrected chi connectivity index (χ1v) is 4.52. The molecule has 0 aliphatic heterocycles.